The van der Waals surface area contributed by atoms with E-state index < -0.39 is 5.97 Å². The highest BCUT2D eigenvalue weighted by Crippen LogP contribution is 2.52. The molecule has 1 aliphatic carbocycles. The van der Waals surface area contributed by atoms with Crippen molar-refractivity contribution < 1.29 is 9.90 Å². The molecular weight excluding hydrogens is 382 g/mol. The predicted octanol–water partition coefficient (Wildman–Crippen LogP) is 6.91. The van der Waals surface area contributed by atoms with Gasteiger partial charge in [0.15, 0.2) is 0 Å². The Morgan fingerprint density at radius 2 is 1.35 bits per heavy atom. The lowest BCUT2D eigenvalue weighted by atomic mass is 9.58. The molecule has 180 valence electrons. The fourth-order valence-electron chi connectivity index (χ4n) is 5.62. The molecule has 0 aromatic heterocycles. The van der Waals surface area contributed by atoms with E-state index in [1.165, 1.54) is 63.4 Å². The zero-order valence-electron chi connectivity index (χ0n) is 21.4. The van der Waals surface area contributed by atoms with Crippen molar-refractivity contribution in [2.75, 3.05) is 0 Å². The molecular formula is C28H50NO2-. The molecule has 3 nitrogen and oxygen atoms in total. The molecule has 0 amide bonds. The first-order valence-corrected chi connectivity index (χ1v) is 13.2. The second-order valence-corrected chi connectivity index (χ2v) is 10.2. The van der Waals surface area contributed by atoms with E-state index in [1.54, 1.807) is 0 Å². The Balaban J connectivity index is 3.42. The molecule has 2 N–H and O–H groups in total. The number of unbranched alkanes of at least 4 members (excludes halogenated alkanes) is 6. The topological polar surface area (TPSA) is 66.2 Å². The second-order valence-electron chi connectivity index (χ2n) is 10.2. The molecule has 1 aliphatic rings. The summed E-state index contributed by atoms with van der Waals surface area (Å²) in [6.45, 7) is 13.5. The Hall–Kier alpha value is -1.25. The maximum Gasteiger partial charge on any atom is 0.0675 e. The third-order valence-corrected chi connectivity index (χ3v) is 7.82. The van der Waals surface area contributed by atoms with Crippen LogP contribution < -0.4 is 10.8 Å². The van der Waals surface area contributed by atoms with E-state index in [0.717, 1.165) is 25.0 Å². The molecule has 0 heterocycles. The fraction of sp³-hybridized carbons (Fsp3) is 0.821. The van der Waals surface area contributed by atoms with Crippen molar-refractivity contribution in [1.82, 2.24) is 0 Å². The maximum atomic E-state index is 12.1. The third-order valence-electron chi connectivity index (χ3n) is 7.82. The van der Waals surface area contributed by atoms with Crippen LogP contribution in [0.1, 0.15) is 125 Å². The Bertz CT molecular complexity index is 588. The average molecular weight is 433 g/mol. The summed E-state index contributed by atoms with van der Waals surface area (Å²) in [7, 11) is 0. The highest BCUT2D eigenvalue weighted by atomic mass is 16.4. The molecule has 0 aliphatic heterocycles. The van der Waals surface area contributed by atoms with Gasteiger partial charge in [-0.1, -0.05) is 105 Å². The van der Waals surface area contributed by atoms with Crippen LogP contribution in [0.15, 0.2) is 22.9 Å². The number of carbonyl (C=O) groups excluding carboxylic acids is 1. The summed E-state index contributed by atoms with van der Waals surface area (Å²) >= 11 is 0. The highest BCUT2D eigenvalue weighted by Gasteiger charge is 2.45. The number of rotatable bonds is 16. The van der Waals surface area contributed by atoms with E-state index in [1.807, 2.05) is 6.08 Å². The minimum Gasteiger partial charge on any atom is -0.545 e. The number of nitrogens with two attached hydrogens (primary N) is 1. The molecule has 0 bridgehead atoms. The van der Waals surface area contributed by atoms with E-state index in [9.17, 15) is 9.90 Å². The van der Waals surface area contributed by atoms with Crippen LogP contribution >= 0.6 is 0 Å². The second kappa shape index (κ2) is 14.0. The molecule has 0 radical (unpaired) electrons. The van der Waals surface area contributed by atoms with Gasteiger partial charge in [0.2, 0.25) is 0 Å². The first kappa shape index (κ1) is 27.8. The summed E-state index contributed by atoms with van der Waals surface area (Å²) in [6.07, 6.45) is 16.5. The minimum atomic E-state index is -1.02. The van der Waals surface area contributed by atoms with Crippen molar-refractivity contribution >= 4 is 5.97 Å². The van der Waals surface area contributed by atoms with Gasteiger partial charge in [0.1, 0.15) is 0 Å². The van der Waals surface area contributed by atoms with E-state index in [4.69, 9.17) is 5.73 Å². The van der Waals surface area contributed by atoms with Crippen LogP contribution in [0.3, 0.4) is 0 Å². The molecule has 0 saturated heterocycles. The standard InChI is InChI=1S/C28H51NO2/c1-7-10-13-16-21(4)25-19-24(27(30)31)20-28(26(25)29,22(5)17-14-11-8-2)23(6)18-15-12-9-3/h20-23H,7-19,29H2,1-6H3,(H,30,31)/p-1. The van der Waals surface area contributed by atoms with Gasteiger partial charge in [0, 0.05) is 11.1 Å². The normalized spacial score (nSPS) is 22.2. The molecule has 0 aromatic rings. The third kappa shape index (κ3) is 7.39. The number of hydrogen-bond acceptors (Lipinski definition) is 3. The summed E-state index contributed by atoms with van der Waals surface area (Å²) in [5, 5.41) is 12.1. The fourth-order valence-corrected chi connectivity index (χ4v) is 5.62. The van der Waals surface area contributed by atoms with Crippen LogP contribution in [0.5, 0.6) is 0 Å². The van der Waals surface area contributed by atoms with Gasteiger partial charge in [-0.25, -0.2) is 0 Å². The molecule has 31 heavy (non-hydrogen) atoms. The molecule has 0 saturated carbocycles. The summed E-state index contributed by atoms with van der Waals surface area (Å²) in [4.78, 5) is 12.1. The largest absolute Gasteiger partial charge is 0.545 e. The molecule has 0 spiro atoms. The van der Waals surface area contributed by atoms with E-state index >= 15 is 0 Å². The summed E-state index contributed by atoms with van der Waals surface area (Å²) < 4.78 is 0. The lowest BCUT2D eigenvalue weighted by Gasteiger charge is -2.47. The van der Waals surface area contributed by atoms with Crippen LogP contribution in [-0.4, -0.2) is 5.97 Å². The summed E-state index contributed by atoms with van der Waals surface area (Å²) in [6, 6.07) is 0. The van der Waals surface area contributed by atoms with Gasteiger partial charge in [0.05, 0.1) is 5.97 Å². The van der Waals surface area contributed by atoms with Gasteiger partial charge in [-0.15, -0.1) is 0 Å². The van der Waals surface area contributed by atoms with Crippen molar-refractivity contribution in [3.05, 3.63) is 22.9 Å². The molecule has 0 aromatic carbocycles. The van der Waals surface area contributed by atoms with Crippen molar-refractivity contribution in [1.29, 1.82) is 0 Å². The predicted molar refractivity (Wildman–Crippen MR) is 131 cm³/mol. The van der Waals surface area contributed by atoms with Crippen molar-refractivity contribution in [2.45, 2.75) is 125 Å². The SMILES string of the molecule is CCCCCC(C)C1=C(N)C(C(C)CCCCC)(C(C)CCCCC)C=C(C(=O)[O-])C1. The molecule has 3 heteroatoms. The van der Waals surface area contributed by atoms with Crippen LogP contribution in [0.2, 0.25) is 0 Å². The zero-order valence-corrected chi connectivity index (χ0v) is 21.4. The first-order chi connectivity index (χ1) is 14.8. The van der Waals surface area contributed by atoms with Crippen LogP contribution in [-0.2, 0) is 4.79 Å². The van der Waals surface area contributed by atoms with Gasteiger partial charge in [0.25, 0.3) is 0 Å². The lowest BCUT2D eigenvalue weighted by molar-refractivity contribution is -0.299. The number of carboxylic acids is 1. The van der Waals surface area contributed by atoms with Gasteiger partial charge in [-0.2, -0.15) is 0 Å². The first-order valence-electron chi connectivity index (χ1n) is 13.2. The molecule has 3 atom stereocenters. The summed E-state index contributed by atoms with van der Waals surface area (Å²) in [5.41, 5.74) is 9.29. The van der Waals surface area contributed by atoms with Gasteiger partial charge < -0.3 is 15.6 Å². The summed E-state index contributed by atoms with van der Waals surface area (Å²) in [5.74, 6) is -0.0531. The van der Waals surface area contributed by atoms with Crippen LogP contribution in [0.4, 0.5) is 0 Å². The van der Waals surface area contributed by atoms with E-state index in [2.05, 4.69) is 41.5 Å². The number of carboxylic acid groups (broad SMARTS) is 1. The average Bonchev–Trinajstić information content (AvgIpc) is 2.74. The van der Waals surface area contributed by atoms with Gasteiger partial charge in [-0.05, 0) is 54.6 Å². The smallest absolute Gasteiger partial charge is 0.0675 e. The Morgan fingerprint density at radius 1 is 0.903 bits per heavy atom. The van der Waals surface area contributed by atoms with Crippen LogP contribution in [0.25, 0.3) is 0 Å². The minimum absolute atomic E-state index is 0.319. The van der Waals surface area contributed by atoms with Gasteiger partial charge >= 0.3 is 0 Å². The Labute approximate surface area is 193 Å². The van der Waals surface area contributed by atoms with E-state index in [0.29, 0.717) is 29.7 Å². The molecule has 1 rings (SSSR count). The number of allylic oxidation sites excluding steroid dienone is 2. The van der Waals surface area contributed by atoms with E-state index in [-0.39, 0.29) is 5.41 Å². The molecule has 3 unspecified atom stereocenters. The van der Waals surface area contributed by atoms with Crippen molar-refractivity contribution in [3.8, 4) is 0 Å². The number of aliphatic carboxylic acids is 1. The Kier molecular flexibility index (Phi) is 12.6. The number of carbonyl (C=O) groups is 1. The van der Waals surface area contributed by atoms with Crippen molar-refractivity contribution in [2.24, 2.45) is 28.9 Å². The molecule has 0 fully saturated rings. The Morgan fingerprint density at radius 3 is 1.77 bits per heavy atom. The highest BCUT2D eigenvalue weighted by molar-refractivity contribution is 5.86. The maximum absolute atomic E-state index is 12.1. The van der Waals surface area contributed by atoms with Crippen LogP contribution in [0, 0.1) is 23.2 Å². The lowest BCUT2D eigenvalue weighted by Crippen LogP contribution is -2.44. The van der Waals surface area contributed by atoms with Gasteiger partial charge in [-0.3, -0.25) is 0 Å². The quantitative estimate of drug-likeness (QED) is 0.269. The number of hydrogen-bond donors (Lipinski definition) is 1. The zero-order chi connectivity index (χ0) is 23.4. The monoisotopic (exact) mass is 432 g/mol. The van der Waals surface area contributed by atoms with Crippen molar-refractivity contribution in [3.63, 3.8) is 0 Å².